The summed E-state index contributed by atoms with van der Waals surface area (Å²) in [6.07, 6.45) is 0.891. The topological polar surface area (TPSA) is 81.2 Å². The third kappa shape index (κ3) is 2.44. The molecular formula is C13H24N4O2S. The second kappa shape index (κ2) is 4.73. The van der Waals surface area contributed by atoms with Gasteiger partial charge in [-0.3, -0.25) is 4.68 Å². The quantitative estimate of drug-likeness (QED) is 0.894. The van der Waals surface area contributed by atoms with Crippen molar-refractivity contribution in [1.82, 2.24) is 14.1 Å². The van der Waals surface area contributed by atoms with Crippen LogP contribution in [0.25, 0.3) is 0 Å². The average molecular weight is 300 g/mol. The standard InChI is InChI=1S/C13H24N4O2S/c1-9-11(12(14)15-16(9)5)20(18,19)17-7-6-10(8-17)13(2,3)4/h10H,6-8H2,1-5H3,(H2,14,15). The van der Waals surface area contributed by atoms with Gasteiger partial charge in [0.2, 0.25) is 10.0 Å². The zero-order valence-corrected chi connectivity index (χ0v) is 13.7. The van der Waals surface area contributed by atoms with Gasteiger partial charge in [-0.15, -0.1) is 0 Å². The molecule has 1 aromatic rings. The summed E-state index contributed by atoms with van der Waals surface area (Å²) < 4.78 is 28.6. The predicted octanol–water partition coefficient (Wildman–Crippen LogP) is 1.37. The molecular weight excluding hydrogens is 276 g/mol. The fourth-order valence-electron chi connectivity index (χ4n) is 2.72. The summed E-state index contributed by atoms with van der Waals surface area (Å²) in [6, 6.07) is 0. The summed E-state index contributed by atoms with van der Waals surface area (Å²) in [5, 5.41) is 4.00. The van der Waals surface area contributed by atoms with Gasteiger partial charge in [-0.25, -0.2) is 8.42 Å². The Kier molecular flexibility index (Phi) is 3.62. The van der Waals surface area contributed by atoms with Gasteiger partial charge in [0.05, 0.1) is 5.69 Å². The number of nitrogen functional groups attached to an aromatic ring is 1. The Morgan fingerprint density at radius 1 is 1.35 bits per heavy atom. The molecule has 0 amide bonds. The highest BCUT2D eigenvalue weighted by Gasteiger charge is 2.39. The largest absolute Gasteiger partial charge is 0.381 e. The highest BCUT2D eigenvalue weighted by atomic mass is 32.2. The summed E-state index contributed by atoms with van der Waals surface area (Å²) in [7, 11) is -1.85. The van der Waals surface area contributed by atoms with Crippen molar-refractivity contribution in [3.05, 3.63) is 5.69 Å². The lowest BCUT2D eigenvalue weighted by Gasteiger charge is -2.26. The van der Waals surface area contributed by atoms with Gasteiger partial charge in [-0.2, -0.15) is 9.40 Å². The number of sulfonamides is 1. The number of nitrogens with zero attached hydrogens (tertiary/aromatic N) is 3. The van der Waals surface area contributed by atoms with Crippen LogP contribution in [0.3, 0.4) is 0 Å². The second-order valence-corrected chi connectivity index (χ2v) is 8.51. The Hall–Kier alpha value is -1.08. The van der Waals surface area contributed by atoms with Crippen LogP contribution in [0.4, 0.5) is 5.82 Å². The molecule has 6 nitrogen and oxygen atoms in total. The monoisotopic (exact) mass is 300 g/mol. The van der Waals surface area contributed by atoms with Gasteiger partial charge >= 0.3 is 0 Å². The molecule has 0 spiro atoms. The van der Waals surface area contributed by atoms with E-state index in [2.05, 4.69) is 25.9 Å². The van der Waals surface area contributed by atoms with Crippen molar-refractivity contribution >= 4 is 15.8 Å². The van der Waals surface area contributed by atoms with E-state index in [0.29, 0.717) is 24.7 Å². The minimum Gasteiger partial charge on any atom is -0.381 e. The summed E-state index contributed by atoms with van der Waals surface area (Å²) in [4.78, 5) is 0.162. The predicted molar refractivity (Wildman–Crippen MR) is 78.7 cm³/mol. The molecule has 2 rings (SSSR count). The van der Waals surface area contributed by atoms with E-state index in [1.807, 2.05) is 0 Å². The Morgan fingerprint density at radius 2 is 1.95 bits per heavy atom. The van der Waals surface area contributed by atoms with Crippen molar-refractivity contribution in [2.45, 2.75) is 39.0 Å². The van der Waals surface area contributed by atoms with Crippen LogP contribution in [0.5, 0.6) is 0 Å². The van der Waals surface area contributed by atoms with E-state index in [4.69, 9.17) is 5.73 Å². The van der Waals surface area contributed by atoms with Crippen LogP contribution in [0.15, 0.2) is 4.90 Å². The first-order chi connectivity index (χ1) is 9.05. The van der Waals surface area contributed by atoms with Crippen molar-refractivity contribution in [3.8, 4) is 0 Å². The number of anilines is 1. The maximum Gasteiger partial charge on any atom is 0.248 e. The van der Waals surface area contributed by atoms with Crippen molar-refractivity contribution in [2.75, 3.05) is 18.8 Å². The lowest BCUT2D eigenvalue weighted by atomic mass is 9.80. The number of hydrogen-bond acceptors (Lipinski definition) is 4. The fraction of sp³-hybridized carbons (Fsp3) is 0.769. The van der Waals surface area contributed by atoms with E-state index in [1.54, 1.807) is 18.3 Å². The van der Waals surface area contributed by atoms with E-state index < -0.39 is 10.0 Å². The molecule has 7 heteroatoms. The number of nitrogens with two attached hydrogens (primary N) is 1. The fourth-order valence-corrected chi connectivity index (χ4v) is 4.51. The maximum absolute atomic E-state index is 12.8. The first-order valence-corrected chi connectivity index (χ1v) is 8.28. The first-order valence-electron chi connectivity index (χ1n) is 6.84. The van der Waals surface area contributed by atoms with Crippen LogP contribution in [0, 0.1) is 18.3 Å². The zero-order valence-electron chi connectivity index (χ0n) is 12.8. The molecule has 1 fully saturated rings. The molecule has 1 unspecified atom stereocenters. The molecule has 2 heterocycles. The Labute approximate surface area is 121 Å². The first kappa shape index (κ1) is 15.3. The van der Waals surface area contributed by atoms with Crippen molar-refractivity contribution in [3.63, 3.8) is 0 Å². The molecule has 0 radical (unpaired) electrons. The Balaban J connectivity index is 2.34. The van der Waals surface area contributed by atoms with E-state index in [-0.39, 0.29) is 16.1 Å². The van der Waals surface area contributed by atoms with Crippen LogP contribution in [0.2, 0.25) is 0 Å². The molecule has 1 aliphatic heterocycles. The normalized spacial score (nSPS) is 21.6. The molecule has 0 bridgehead atoms. The van der Waals surface area contributed by atoms with E-state index in [9.17, 15) is 8.42 Å². The van der Waals surface area contributed by atoms with E-state index >= 15 is 0 Å². The Morgan fingerprint density at radius 3 is 2.35 bits per heavy atom. The number of rotatable bonds is 2. The summed E-state index contributed by atoms with van der Waals surface area (Å²) >= 11 is 0. The van der Waals surface area contributed by atoms with E-state index in [0.717, 1.165) is 6.42 Å². The maximum atomic E-state index is 12.8. The van der Waals surface area contributed by atoms with Crippen LogP contribution in [-0.4, -0.2) is 35.6 Å². The molecule has 0 aliphatic carbocycles. The van der Waals surface area contributed by atoms with Crippen LogP contribution in [-0.2, 0) is 17.1 Å². The lowest BCUT2D eigenvalue weighted by molar-refractivity contribution is 0.252. The van der Waals surface area contributed by atoms with Crippen LogP contribution in [0.1, 0.15) is 32.9 Å². The summed E-state index contributed by atoms with van der Waals surface area (Å²) in [6.45, 7) is 9.29. The molecule has 114 valence electrons. The minimum absolute atomic E-state index is 0.0872. The Bertz CT molecular complexity index is 613. The summed E-state index contributed by atoms with van der Waals surface area (Å²) in [5.74, 6) is 0.458. The van der Waals surface area contributed by atoms with Gasteiger partial charge in [0.15, 0.2) is 5.82 Å². The van der Waals surface area contributed by atoms with Crippen molar-refractivity contribution < 1.29 is 8.42 Å². The molecule has 20 heavy (non-hydrogen) atoms. The SMILES string of the molecule is Cc1c(S(=O)(=O)N2CCC(C(C)(C)C)C2)c(N)nn1C. The van der Waals surface area contributed by atoms with Gasteiger partial charge < -0.3 is 5.73 Å². The molecule has 1 atom stereocenters. The van der Waals surface area contributed by atoms with Gasteiger partial charge in [0, 0.05) is 20.1 Å². The molecule has 2 N–H and O–H groups in total. The highest BCUT2D eigenvalue weighted by molar-refractivity contribution is 7.89. The average Bonchev–Trinajstić information content (AvgIpc) is 2.85. The zero-order chi connectivity index (χ0) is 15.3. The molecule has 0 saturated carbocycles. The smallest absolute Gasteiger partial charge is 0.248 e. The second-order valence-electron chi connectivity index (χ2n) is 6.64. The lowest BCUT2D eigenvalue weighted by Crippen LogP contribution is -2.31. The van der Waals surface area contributed by atoms with Crippen molar-refractivity contribution in [1.29, 1.82) is 0 Å². The molecule has 1 aromatic heterocycles. The van der Waals surface area contributed by atoms with Crippen LogP contribution < -0.4 is 5.73 Å². The van der Waals surface area contributed by atoms with Gasteiger partial charge in [0.25, 0.3) is 0 Å². The number of hydrogen-bond donors (Lipinski definition) is 1. The highest BCUT2D eigenvalue weighted by Crippen LogP contribution is 2.37. The summed E-state index contributed by atoms with van der Waals surface area (Å²) in [5.41, 5.74) is 6.47. The van der Waals surface area contributed by atoms with Crippen LogP contribution >= 0.6 is 0 Å². The minimum atomic E-state index is -3.55. The van der Waals surface area contributed by atoms with Gasteiger partial charge in [0.1, 0.15) is 4.90 Å². The third-order valence-corrected chi connectivity index (χ3v) is 6.31. The molecule has 1 aliphatic rings. The number of aryl methyl sites for hydroxylation is 1. The van der Waals surface area contributed by atoms with Gasteiger partial charge in [-0.1, -0.05) is 20.8 Å². The van der Waals surface area contributed by atoms with Crippen molar-refractivity contribution in [2.24, 2.45) is 18.4 Å². The van der Waals surface area contributed by atoms with E-state index in [1.165, 1.54) is 4.68 Å². The molecule has 0 aromatic carbocycles. The number of aromatic nitrogens is 2. The third-order valence-electron chi connectivity index (χ3n) is 4.28. The molecule has 1 saturated heterocycles. The van der Waals surface area contributed by atoms with Gasteiger partial charge in [-0.05, 0) is 24.7 Å².